The Bertz CT molecular complexity index is 313. The summed E-state index contributed by atoms with van der Waals surface area (Å²) >= 11 is 0. The summed E-state index contributed by atoms with van der Waals surface area (Å²) in [5.74, 6) is -0.353. The summed E-state index contributed by atoms with van der Waals surface area (Å²) in [7, 11) is 0. The minimum Gasteiger partial charge on any atom is -0.465 e. The molecule has 0 radical (unpaired) electrons. The topological polar surface area (TPSA) is 58.6 Å². The molecule has 1 atom stereocenters. The maximum atomic E-state index is 11.9. The molecule has 102 valence electrons. The molecule has 5 nitrogen and oxygen atoms in total. The number of nitrogens with zero attached hydrogens (tertiary/aromatic N) is 1. The molecule has 1 aliphatic carbocycles. The second kappa shape index (κ2) is 7.16. The van der Waals surface area contributed by atoms with E-state index in [0.29, 0.717) is 19.2 Å². The van der Waals surface area contributed by atoms with E-state index in [1.54, 1.807) is 24.8 Å². The third kappa shape index (κ3) is 4.87. The Kier molecular flexibility index (Phi) is 5.85. The van der Waals surface area contributed by atoms with Gasteiger partial charge in [-0.05, 0) is 26.7 Å². The van der Waals surface area contributed by atoms with E-state index >= 15 is 0 Å². The monoisotopic (exact) mass is 254 g/mol. The molecule has 1 saturated carbocycles. The van der Waals surface area contributed by atoms with Crippen LogP contribution in [0, 0.1) is 0 Å². The van der Waals surface area contributed by atoms with Crippen LogP contribution in [0.5, 0.6) is 0 Å². The number of hydrogen-bond acceptors (Lipinski definition) is 4. The lowest BCUT2D eigenvalue weighted by molar-refractivity contribution is -0.145. The number of ether oxygens (including phenoxy) is 1. The number of carbonyl (C=O) groups excluding carboxylic acids is 2. The molecule has 1 aliphatic rings. The summed E-state index contributed by atoms with van der Waals surface area (Å²) in [6.07, 6.45) is 3.79. The van der Waals surface area contributed by atoms with E-state index in [0.717, 1.165) is 12.8 Å². The summed E-state index contributed by atoms with van der Waals surface area (Å²) in [5.41, 5.74) is 0. The van der Waals surface area contributed by atoms with Gasteiger partial charge in [0.15, 0.2) is 0 Å². The fourth-order valence-corrected chi connectivity index (χ4v) is 1.61. The van der Waals surface area contributed by atoms with Crippen LogP contribution in [0.1, 0.15) is 26.7 Å². The lowest BCUT2D eigenvalue weighted by Gasteiger charge is -2.26. The van der Waals surface area contributed by atoms with Gasteiger partial charge in [0.1, 0.15) is 0 Å². The SMILES string of the molecule is C=CCN(CC(=O)OCC)C(C)C(=O)NC1CC1. The number of nitrogens with one attached hydrogen (secondary N) is 1. The number of carbonyl (C=O) groups is 2. The Morgan fingerprint density at radius 1 is 1.56 bits per heavy atom. The Hall–Kier alpha value is -1.36. The zero-order chi connectivity index (χ0) is 13.5. The highest BCUT2D eigenvalue weighted by atomic mass is 16.5. The maximum absolute atomic E-state index is 11.9. The minimum absolute atomic E-state index is 0.0383. The van der Waals surface area contributed by atoms with Crippen LogP contribution >= 0.6 is 0 Å². The lowest BCUT2D eigenvalue weighted by atomic mass is 10.2. The van der Waals surface area contributed by atoms with Crippen molar-refractivity contribution in [2.75, 3.05) is 19.7 Å². The third-order valence-electron chi connectivity index (χ3n) is 2.85. The molecule has 0 heterocycles. The van der Waals surface area contributed by atoms with Crippen LogP contribution in [0.25, 0.3) is 0 Å². The van der Waals surface area contributed by atoms with Gasteiger partial charge in [0.2, 0.25) is 5.91 Å². The second-order valence-corrected chi connectivity index (χ2v) is 4.48. The molecule has 1 N–H and O–H groups in total. The molecule has 0 saturated heterocycles. The van der Waals surface area contributed by atoms with E-state index in [1.165, 1.54) is 0 Å². The standard InChI is InChI=1S/C13H22N2O3/c1-4-8-15(9-12(16)18-5-2)10(3)13(17)14-11-6-7-11/h4,10-11H,1,5-9H2,2-3H3,(H,14,17). The highest BCUT2D eigenvalue weighted by molar-refractivity contribution is 5.82. The van der Waals surface area contributed by atoms with Crippen molar-refractivity contribution in [2.45, 2.75) is 38.8 Å². The van der Waals surface area contributed by atoms with E-state index < -0.39 is 0 Å². The molecule has 5 heteroatoms. The maximum Gasteiger partial charge on any atom is 0.320 e. The molecule has 0 aromatic rings. The van der Waals surface area contributed by atoms with Crippen molar-refractivity contribution in [3.05, 3.63) is 12.7 Å². The molecular weight excluding hydrogens is 232 g/mol. The molecule has 0 spiro atoms. The number of amides is 1. The third-order valence-corrected chi connectivity index (χ3v) is 2.85. The molecule has 1 amide bonds. The van der Waals surface area contributed by atoms with Crippen molar-refractivity contribution >= 4 is 11.9 Å². The lowest BCUT2D eigenvalue weighted by Crippen LogP contribution is -2.47. The van der Waals surface area contributed by atoms with Crippen molar-refractivity contribution in [3.63, 3.8) is 0 Å². The van der Waals surface area contributed by atoms with E-state index in [9.17, 15) is 9.59 Å². The first kappa shape index (κ1) is 14.7. The van der Waals surface area contributed by atoms with Crippen LogP contribution in [-0.2, 0) is 14.3 Å². The van der Waals surface area contributed by atoms with Crippen LogP contribution < -0.4 is 5.32 Å². The van der Waals surface area contributed by atoms with Crippen LogP contribution in [0.4, 0.5) is 0 Å². The fraction of sp³-hybridized carbons (Fsp3) is 0.692. The summed E-state index contributed by atoms with van der Waals surface area (Å²) < 4.78 is 4.90. The Morgan fingerprint density at radius 3 is 2.72 bits per heavy atom. The number of hydrogen-bond donors (Lipinski definition) is 1. The predicted molar refractivity (Wildman–Crippen MR) is 69.0 cm³/mol. The van der Waals surface area contributed by atoms with Crippen molar-refractivity contribution in [2.24, 2.45) is 0 Å². The highest BCUT2D eigenvalue weighted by Crippen LogP contribution is 2.19. The van der Waals surface area contributed by atoms with E-state index in [1.807, 2.05) is 0 Å². The summed E-state index contributed by atoms with van der Waals surface area (Å²) in [6.45, 7) is 8.14. The average Bonchev–Trinajstić information content (AvgIpc) is 3.11. The van der Waals surface area contributed by atoms with Crippen molar-refractivity contribution in [3.8, 4) is 0 Å². The largest absolute Gasteiger partial charge is 0.465 e. The molecule has 1 unspecified atom stereocenters. The van der Waals surface area contributed by atoms with E-state index in [4.69, 9.17) is 4.74 Å². The van der Waals surface area contributed by atoms with Crippen molar-refractivity contribution in [1.29, 1.82) is 0 Å². The Labute approximate surface area is 108 Å². The Morgan fingerprint density at radius 2 is 2.22 bits per heavy atom. The van der Waals surface area contributed by atoms with Crippen LogP contribution in [0.15, 0.2) is 12.7 Å². The van der Waals surface area contributed by atoms with Gasteiger partial charge >= 0.3 is 5.97 Å². The summed E-state index contributed by atoms with van der Waals surface area (Å²) in [5, 5.41) is 2.93. The second-order valence-electron chi connectivity index (χ2n) is 4.48. The highest BCUT2D eigenvalue weighted by Gasteiger charge is 2.28. The fourth-order valence-electron chi connectivity index (χ4n) is 1.61. The van der Waals surface area contributed by atoms with Gasteiger partial charge in [-0.3, -0.25) is 14.5 Å². The van der Waals surface area contributed by atoms with Gasteiger partial charge < -0.3 is 10.1 Å². The first-order valence-electron chi connectivity index (χ1n) is 6.39. The molecule has 1 fully saturated rings. The van der Waals surface area contributed by atoms with Crippen LogP contribution in [0.3, 0.4) is 0 Å². The first-order chi connectivity index (χ1) is 8.58. The van der Waals surface area contributed by atoms with Gasteiger partial charge in [-0.25, -0.2) is 0 Å². The summed E-state index contributed by atoms with van der Waals surface area (Å²) in [4.78, 5) is 25.1. The molecule has 0 aromatic heterocycles. The molecule has 0 aliphatic heterocycles. The van der Waals surface area contributed by atoms with Crippen molar-refractivity contribution in [1.82, 2.24) is 10.2 Å². The molecule has 1 rings (SSSR count). The number of rotatable bonds is 8. The molecule has 0 bridgehead atoms. The minimum atomic E-state index is -0.354. The van der Waals surface area contributed by atoms with Gasteiger partial charge in [0.05, 0.1) is 19.2 Å². The number of esters is 1. The van der Waals surface area contributed by atoms with Crippen molar-refractivity contribution < 1.29 is 14.3 Å². The van der Waals surface area contributed by atoms with Gasteiger partial charge in [-0.1, -0.05) is 6.08 Å². The van der Waals surface area contributed by atoms with Gasteiger partial charge in [-0.2, -0.15) is 0 Å². The Balaban J connectivity index is 2.49. The van der Waals surface area contributed by atoms with E-state index in [2.05, 4.69) is 11.9 Å². The predicted octanol–water partition coefficient (Wildman–Crippen LogP) is 0.705. The van der Waals surface area contributed by atoms with Gasteiger partial charge in [0.25, 0.3) is 0 Å². The zero-order valence-corrected chi connectivity index (χ0v) is 11.1. The van der Waals surface area contributed by atoms with Crippen LogP contribution in [-0.4, -0.2) is 48.6 Å². The molecule has 18 heavy (non-hydrogen) atoms. The smallest absolute Gasteiger partial charge is 0.320 e. The normalized spacial score (nSPS) is 16.2. The average molecular weight is 254 g/mol. The zero-order valence-electron chi connectivity index (χ0n) is 11.1. The van der Waals surface area contributed by atoms with Gasteiger partial charge in [0, 0.05) is 12.6 Å². The van der Waals surface area contributed by atoms with Gasteiger partial charge in [-0.15, -0.1) is 6.58 Å². The molecule has 0 aromatic carbocycles. The van der Waals surface area contributed by atoms with E-state index in [-0.39, 0.29) is 24.5 Å². The first-order valence-corrected chi connectivity index (χ1v) is 6.39. The summed E-state index contributed by atoms with van der Waals surface area (Å²) in [6, 6.07) is -0.0267. The quantitative estimate of drug-likeness (QED) is 0.512. The molecular formula is C13H22N2O3. The van der Waals surface area contributed by atoms with Crippen LogP contribution in [0.2, 0.25) is 0 Å².